The quantitative estimate of drug-likeness (QED) is 0.755. The van der Waals surface area contributed by atoms with E-state index in [0.717, 1.165) is 37.9 Å². The Hall–Kier alpha value is -1.60. The molecule has 2 heterocycles. The predicted molar refractivity (Wildman–Crippen MR) is 77.6 cm³/mol. The standard InChI is InChI=1S/C13H20N6O/c14-5-9-1-3-10(4-2-9)13(20)18-19-6-11-12(17-8-19)16-7-15-11/h7,9-10H,1-6,8,14H2,(H,18,20)/t9-,10-. The zero-order valence-corrected chi connectivity index (χ0v) is 11.5. The highest BCUT2D eigenvalue weighted by atomic mass is 16.2. The number of rotatable bonds is 3. The van der Waals surface area contributed by atoms with Crippen molar-refractivity contribution < 1.29 is 4.79 Å². The number of hydrogen-bond acceptors (Lipinski definition) is 6. The van der Waals surface area contributed by atoms with Crippen molar-refractivity contribution in [2.45, 2.75) is 25.7 Å². The van der Waals surface area contributed by atoms with Crippen LogP contribution in [0.3, 0.4) is 0 Å². The SMILES string of the molecule is NC[C@H]1CC[C@H](C(=O)NN2CN=C3N=CN=C3C2)CC1. The highest BCUT2D eigenvalue weighted by Crippen LogP contribution is 2.28. The summed E-state index contributed by atoms with van der Waals surface area (Å²) in [6.07, 6.45) is 5.47. The Balaban J connectivity index is 1.50. The maximum absolute atomic E-state index is 12.2. The predicted octanol–water partition coefficient (Wildman–Crippen LogP) is -0.0628. The van der Waals surface area contributed by atoms with Crippen molar-refractivity contribution in [1.82, 2.24) is 10.4 Å². The molecule has 0 atom stereocenters. The average Bonchev–Trinajstić information content (AvgIpc) is 2.95. The molecule has 1 aliphatic carbocycles. The first-order valence-corrected chi connectivity index (χ1v) is 7.16. The lowest BCUT2D eigenvalue weighted by atomic mass is 9.82. The molecule has 0 radical (unpaired) electrons. The molecule has 3 aliphatic rings. The summed E-state index contributed by atoms with van der Waals surface area (Å²) in [5.41, 5.74) is 9.45. The van der Waals surface area contributed by atoms with Crippen LogP contribution < -0.4 is 11.2 Å². The fourth-order valence-electron chi connectivity index (χ4n) is 2.89. The molecule has 3 rings (SSSR count). The Morgan fingerprint density at radius 3 is 2.95 bits per heavy atom. The third-order valence-electron chi connectivity index (χ3n) is 4.20. The number of amidine groups is 1. The highest BCUT2D eigenvalue weighted by Gasteiger charge is 2.28. The number of carbonyl (C=O) groups excluding carboxylic acids is 1. The molecule has 1 fully saturated rings. The second-order valence-corrected chi connectivity index (χ2v) is 5.57. The summed E-state index contributed by atoms with van der Waals surface area (Å²) < 4.78 is 0. The number of nitrogens with one attached hydrogen (secondary N) is 1. The monoisotopic (exact) mass is 276 g/mol. The van der Waals surface area contributed by atoms with Crippen molar-refractivity contribution in [3.8, 4) is 0 Å². The number of fused-ring (bicyclic) bond motifs is 1. The van der Waals surface area contributed by atoms with Crippen LogP contribution in [0, 0.1) is 11.8 Å². The number of nitrogens with two attached hydrogens (primary N) is 1. The van der Waals surface area contributed by atoms with Crippen molar-refractivity contribution in [2.24, 2.45) is 32.5 Å². The minimum absolute atomic E-state index is 0.0960. The van der Waals surface area contributed by atoms with Crippen molar-refractivity contribution in [1.29, 1.82) is 0 Å². The fourth-order valence-corrected chi connectivity index (χ4v) is 2.89. The third-order valence-corrected chi connectivity index (χ3v) is 4.20. The van der Waals surface area contributed by atoms with Crippen LogP contribution in [-0.2, 0) is 4.79 Å². The Morgan fingerprint density at radius 2 is 2.20 bits per heavy atom. The van der Waals surface area contributed by atoms with Crippen LogP contribution in [0.4, 0.5) is 0 Å². The number of carbonyl (C=O) groups is 1. The zero-order chi connectivity index (χ0) is 13.9. The van der Waals surface area contributed by atoms with Crippen LogP contribution in [0.5, 0.6) is 0 Å². The summed E-state index contributed by atoms with van der Waals surface area (Å²) in [7, 11) is 0. The average molecular weight is 276 g/mol. The molecule has 1 amide bonds. The van der Waals surface area contributed by atoms with Crippen LogP contribution in [0.25, 0.3) is 0 Å². The van der Waals surface area contributed by atoms with Gasteiger partial charge in [-0.3, -0.25) is 10.2 Å². The maximum Gasteiger partial charge on any atom is 0.237 e. The first-order chi connectivity index (χ1) is 9.76. The summed E-state index contributed by atoms with van der Waals surface area (Å²) in [4.78, 5) is 24.7. The lowest BCUT2D eigenvalue weighted by Gasteiger charge is -2.30. The second-order valence-electron chi connectivity index (χ2n) is 5.57. The van der Waals surface area contributed by atoms with Gasteiger partial charge in [0.2, 0.25) is 5.91 Å². The molecule has 108 valence electrons. The van der Waals surface area contributed by atoms with E-state index in [4.69, 9.17) is 5.73 Å². The molecule has 0 bridgehead atoms. The van der Waals surface area contributed by atoms with Gasteiger partial charge in [-0.2, -0.15) is 5.01 Å². The number of aliphatic imine (C=N–C) groups is 3. The Kier molecular flexibility index (Phi) is 3.88. The van der Waals surface area contributed by atoms with Gasteiger partial charge in [-0.25, -0.2) is 15.0 Å². The lowest BCUT2D eigenvalue weighted by Crippen LogP contribution is -2.50. The molecule has 1 saturated carbocycles. The molecule has 3 N–H and O–H groups in total. The summed E-state index contributed by atoms with van der Waals surface area (Å²) in [5.74, 6) is 1.48. The van der Waals surface area contributed by atoms with Crippen molar-refractivity contribution in [3.63, 3.8) is 0 Å². The molecule has 20 heavy (non-hydrogen) atoms. The largest absolute Gasteiger partial charge is 0.330 e. The van der Waals surface area contributed by atoms with E-state index in [2.05, 4.69) is 20.4 Å². The zero-order valence-electron chi connectivity index (χ0n) is 11.5. The van der Waals surface area contributed by atoms with E-state index < -0.39 is 0 Å². The number of amides is 1. The van der Waals surface area contributed by atoms with E-state index in [-0.39, 0.29) is 11.8 Å². The smallest absolute Gasteiger partial charge is 0.237 e. The second kappa shape index (κ2) is 5.80. The fraction of sp³-hybridized carbons (Fsp3) is 0.692. The highest BCUT2D eigenvalue weighted by molar-refractivity contribution is 6.47. The van der Waals surface area contributed by atoms with E-state index in [1.807, 2.05) is 0 Å². The van der Waals surface area contributed by atoms with Gasteiger partial charge in [0.25, 0.3) is 0 Å². The maximum atomic E-state index is 12.2. The summed E-state index contributed by atoms with van der Waals surface area (Å²) in [6, 6.07) is 0. The molecule has 0 aromatic carbocycles. The molecule has 0 unspecified atom stereocenters. The van der Waals surface area contributed by atoms with E-state index in [0.29, 0.717) is 25.0 Å². The van der Waals surface area contributed by atoms with Gasteiger partial charge in [0, 0.05) is 5.92 Å². The van der Waals surface area contributed by atoms with Gasteiger partial charge in [-0.1, -0.05) is 0 Å². The van der Waals surface area contributed by atoms with Crippen molar-refractivity contribution >= 4 is 23.8 Å². The van der Waals surface area contributed by atoms with E-state index in [1.54, 1.807) is 5.01 Å². The third kappa shape index (κ3) is 2.78. The van der Waals surface area contributed by atoms with Crippen molar-refractivity contribution in [3.05, 3.63) is 0 Å². The van der Waals surface area contributed by atoms with E-state index >= 15 is 0 Å². The van der Waals surface area contributed by atoms with Crippen molar-refractivity contribution in [2.75, 3.05) is 19.8 Å². The molecule has 7 nitrogen and oxygen atoms in total. The van der Waals surface area contributed by atoms with Gasteiger partial charge in [0.05, 0.1) is 6.54 Å². The molecular formula is C13H20N6O. The summed E-state index contributed by atoms with van der Waals surface area (Å²) in [5, 5.41) is 1.80. The van der Waals surface area contributed by atoms with E-state index in [9.17, 15) is 4.79 Å². The van der Waals surface area contributed by atoms with Gasteiger partial charge >= 0.3 is 0 Å². The first-order valence-electron chi connectivity index (χ1n) is 7.16. The molecule has 0 aromatic rings. The Morgan fingerprint density at radius 1 is 1.40 bits per heavy atom. The van der Waals surface area contributed by atoms with Crippen LogP contribution in [0.1, 0.15) is 25.7 Å². The molecule has 0 aromatic heterocycles. The molecular weight excluding hydrogens is 256 g/mol. The number of nitrogens with zero attached hydrogens (tertiary/aromatic N) is 4. The van der Waals surface area contributed by atoms with Crippen LogP contribution in [0.2, 0.25) is 0 Å². The van der Waals surface area contributed by atoms with Crippen LogP contribution in [0.15, 0.2) is 15.0 Å². The molecule has 2 aliphatic heterocycles. The molecule has 0 spiro atoms. The van der Waals surface area contributed by atoms with Crippen LogP contribution >= 0.6 is 0 Å². The topological polar surface area (TPSA) is 95.4 Å². The lowest BCUT2D eigenvalue weighted by molar-refractivity contribution is -0.130. The minimum Gasteiger partial charge on any atom is -0.330 e. The van der Waals surface area contributed by atoms with Crippen LogP contribution in [-0.4, -0.2) is 48.6 Å². The van der Waals surface area contributed by atoms with E-state index in [1.165, 1.54) is 6.34 Å². The molecule has 7 heteroatoms. The summed E-state index contributed by atoms with van der Waals surface area (Å²) >= 11 is 0. The Labute approximate surface area is 118 Å². The summed E-state index contributed by atoms with van der Waals surface area (Å²) in [6.45, 7) is 1.75. The van der Waals surface area contributed by atoms with Gasteiger partial charge in [0.1, 0.15) is 18.7 Å². The van der Waals surface area contributed by atoms with Gasteiger partial charge in [0.15, 0.2) is 5.84 Å². The van der Waals surface area contributed by atoms with Gasteiger partial charge in [-0.05, 0) is 38.1 Å². The Bertz CT molecular complexity index is 475. The normalized spacial score (nSPS) is 29.6. The number of hydrazine groups is 1. The van der Waals surface area contributed by atoms with Gasteiger partial charge < -0.3 is 5.73 Å². The minimum atomic E-state index is 0.0960. The van der Waals surface area contributed by atoms with Gasteiger partial charge in [-0.15, -0.1) is 0 Å². The molecule has 0 saturated heterocycles. The first kappa shape index (κ1) is 13.4. The number of hydrogen-bond donors (Lipinski definition) is 2.